The first-order valence-corrected chi connectivity index (χ1v) is 19.5. The molecule has 10 heteroatoms. The fourth-order valence-electron chi connectivity index (χ4n) is 5.81. The van der Waals surface area contributed by atoms with E-state index in [2.05, 4.69) is 124 Å². The number of anilines is 1. The lowest BCUT2D eigenvalue weighted by atomic mass is 9.88. The van der Waals surface area contributed by atoms with E-state index in [9.17, 15) is 20.4 Å². The molecule has 2 heterocycles. The summed E-state index contributed by atoms with van der Waals surface area (Å²) in [5.74, 6) is 2.00. The van der Waals surface area contributed by atoms with Gasteiger partial charge in [0.05, 0.1) is 37.9 Å². The topological polar surface area (TPSA) is 95.2 Å². The molecular weight excluding hydrogens is 653 g/mol. The number of nitrogens with zero attached hydrogens (tertiary/aromatic N) is 4. The van der Waals surface area contributed by atoms with Gasteiger partial charge in [0.2, 0.25) is 11.4 Å². The Morgan fingerprint density at radius 3 is 1.76 bits per heavy atom. The molecule has 4 N–H and O–H groups in total. The maximum absolute atomic E-state index is 9.46. The van der Waals surface area contributed by atoms with Crippen molar-refractivity contribution in [2.45, 2.75) is 32.0 Å². The summed E-state index contributed by atoms with van der Waals surface area (Å²) in [6.45, 7) is 6.33. The van der Waals surface area contributed by atoms with Crippen LogP contribution in [0.3, 0.4) is 0 Å². The van der Waals surface area contributed by atoms with Crippen molar-refractivity contribution in [3.63, 3.8) is 0 Å². The zero-order chi connectivity index (χ0) is 34.7. The molecule has 3 aromatic rings. The van der Waals surface area contributed by atoms with E-state index in [0.29, 0.717) is 26.2 Å². The van der Waals surface area contributed by atoms with E-state index < -0.39 is 0 Å². The highest BCUT2D eigenvalue weighted by molar-refractivity contribution is 8.76. The molecule has 1 aliphatic carbocycles. The Hall–Kier alpha value is -3.22. The number of aliphatic hydroxyl groups excluding tert-OH is 4. The molecule has 4 rings (SSSR count). The highest BCUT2D eigenvalue weighted by Gasteiger charge is 2.29. The van der Waals surface area contributed by atoms with Gasteiger partial charge in [0.25, 0.3) is 0 Å². The van der Waals surface area contributed by atoms with E-state index >= 15 is 0 Å². The summed E-state index contributed by atoms with van der Waals surface area (Å²) < 4.78 is 4.58. The van der Waals surface area contributed by atoms with Crippen LogP contribution >= 0.6 is 21.6 Å². The van der Waals surface area contributed by atoms with Gasteiger partial charge < -0.3 is 25.3 Å². The maximum atomic E-state index is 9.46. The molecule has 0 bridgehead atoms. The van der Waals surface area contributed by atoms with Gasteiger partial charge in [-0.15, -0.1) is 0 Å². The summed E-state index contributed by atoms with van der Waals surface area (Å²) >= 11 is 0. The second-order valence-electron chi connectivity index (χ2n) is 12.0. The van der Waals surface area contributed by atoms with Crippen molar-refractivity contribution in [1.82, 2.24) is 4.90 Å². The number of aliphatic hydroxyl groups is 4. The number of pyridine rings is 2. The Morgan fingerprint density at radius 2 is 1.24 bits per heavy atom. The Kier molecular flexibility index (Phi) is 16.6. The first-order valence-electron chi connectivity index (χ1n) is 17.0. The highest BCUT2D eigenvalue weighted by Crippen LogP contribution is 2.28. The molecule has 2 aromatic heterocycles. The summed E-state index contributed by atoms with van der Waals surface area (Å²) in [4.78, 5) is 4.11. The van der Waals surface area contributed by atoms with Crippen LogP contribution in [0, 0.1) is 0 Å². The molecule has 0 aliphatic heterocycles. The third-order valence-electron chi connectivity index (χ3n) is 8.61. The summed E-state index contributed by atoms with van der Waals surface area (Å²) in [6, 6.07) is 20.8. The largest absolute Gasteiger partial charge is 0.395 e. The molecule has 8 nitrogen and oxygen atoms in total. The Bertz CT molecular complexity index is 1530. The molecule has 49 heavy (non-hydrogen) atoms. The van der Waals surface area contributed by atoms with Crippen molar-refractivity contribution in [1.29, 1.82) is 0 Å². The lowest BCUT2D eigenvalue weighted by Crippen LogP contribution is -2.48. The van der Waals surface area contributed by atoms with Gasteiger partial charge in [-0.25, -0.2) is 0 Å². The molecule has 1 aliphatic rings. The van der Waals surface area contributed by atoms with E-state index in [1.165, 1.54) is 0 Å². The maximum Gasteiger partial charge on any atom is 0.205 e. The van der Waals surface area contributed by atoms with Crippen LogP contribution in [0.25, 0.3) is 18.2 Å². The van der Waals surface area contributed by atoms with Crippen LogP contribution in [0.5, 0.6) is 0 Å². The van der Waals surface area contributed by atoms with Crippen LogP contribution in [0.2, 0.25) is 0 Å². The van der Waals surface area contributed by atoms with Crippen LogP contribution in [-0.2, 0) is 13.1 Å². The van der Waals surface area contributed by atoms with Crippen LogP contribution in [-0.4, -0.2) is 95.0 Å². The van der Waals surface area contributed by atoms with Gasteiger partial charge in [0, 0.05) is 73.8 Å². The number of benzene rings is 1. The SMILES string of the molecule is CC1(N(CCO)CCO)C=CC(/C=C/c2cccc[n+]2CCSSCC[n+]2ccccc2/C=C/c2ccc(N(CCO)CCO)cc2)=CC1. The standard InChI is InChI=1S/C39H52N4O4S2/c1-39(43(24-30-46)25-31-47)18-16-35(17-19-39)11-13-37-7-3-5-21-41(37)27-33-49-48-32-26-40-20-4-2-6-36(40)12-8-34-9-14-38(15-10-34)42(22-28-44)23-29-45/h2-18,20-21,44-47H,19,22-33H2,1H3/q+2/b13-11+. The van der Waals surface area contributed by atoms with Crippen molar-refractivity contribution in [3.8, 4) is 0 Å². The average Bonchev–Trinajstić information content (AvgIpc) is 3.13. The first kappa shape index (κ1) is 38.6. The van der Waals surface area contributed by atoms with E-state index in [-0.39, 0.29) is 32.0 Å². The summed E-state index contributed by atoms with van der Waals surface area (Å²) in [6.07, 6.45) is 20.3. The summed E-state index contributed by atoms with van der Waals surface area (Å²) in [7, 11) is 3.80. The molecule has 0 saturated carbocycles. The van der Waals surface area contributed by atoms with Crippen molar-refractivity contribution in [2.24, 2.45) is 0 Å². The number of β-amino-alcohol motifs (C(OH)–C–C–N with tert-alkyl or cyclic N) is 2. The molecule has 1 aromatic carbocycles. The van der Waals surface area contributed by atoms with Crippen LogP contribution < -0.4 is 14.0 Å². The van der Waals surface area contributed by atoms with E-state index in [0.717, 1.165) is 59.2 Å². The monoisotopic (exact) mass is 704 g/mol. The third-order valence-corrected chi connectivity index (χ3v) is 11.0. The molecule has 0 fully saturated rings. The molecule has 0 saturated heterocycles. The molecule has 0 amide bonds. The molecule has 0 radical (unpaired) electrons. The molecular formula is C39H52N4O4S2+2. The quantitative estimate of drug-likeness (QED) is 0.0744. The van der Waals surface area contributed by atoms with Gasteiger partial charge in [0.15, 0.2) is 25.5 Å². The van der Waals surface area contributed by atoms with Gasteiger partial charge >= 0.3 is 0 Å². The minimum absolute atomic E-state index is 0.0516. The zero-order valence-electron chi connectivity index (χ0n) is 28.6. The van der Waals surface area contributed by atoms with Gasteiger partial charge in [-0.05, 0) is 60.9 Å². The number of allylic oxidation sites excluding steroid dienone is 3. The van der Waals surface area contributed by atoms with Crippen LogP contribution in [0.4, 0.5) is 5.69 Å². The van der Waals surface area contributed by atoms with Gasteiger partial charge in [-0.3, -0.25) is 4.90 Å². The molecule has 262 valence electrons. The predicted octanol–water partition coefficient (Wildman–Crippen LogP) is 4.25. The molecule has 1 unspecified atom stereocenters. The van der Waals surface area contributed by atoms with Crippen LogP contribution in [0.1, 0.15) is 30.3 Å². The predicted molar refractivity (Wildman–Crippen MR) is 205 cm³/mol. The lowest BCUT2D eigenvalue weighted by Gasteiger charge is -2.39. The van der Waals surface area contributed by atoms with E-state index in [4.69, 9.17) is 0 Å². The van der Waals surface area contributed by atoms with Gasteiger partial charge in [0.1, 0.15) is 0 Å². The van der Waals surface area contributed by atoms with Crippen LogP contribution in [0.15, 0.2) is 103 Å². The third kappa shape index (κ3) is 12.3. The second kappa shape index (κ2) is 21.1. The minimum atomic E-state index is -0.207. The van der Waals surface area contributed by atoms with Crippen molar-refractivity contribution >= 4 is 45.5 Å². The van der Waals surface area contributed by atoms with E-state index in [1.807, 2.05) is 38.6 Å². The molecule has 0 spiro atoms. The Morgan fingerprint density at radius 1 is 0.694 bits per heavy atom. The summed E-state index contributed by atoms with van der Waals surface area (Å²) in [5, 5.41) is 37.6. The number of aryl methyl sites for hydroxylation is 2. The molecule has 1 atom stereocenters. The number of aromatic nitrogens is 2. The van der Waals surface area contributed by atoms with Crippen molar-refractivity contribution < 1.29 is 29.6 Å². The highest BCUT2D eigenvalue weighted by atomic mass is 33.1. The van der Waals surface area contributed by atoms with Crippen molar-refractivity contribution in [2.75, 3.05) is 69.0 Å². The average molecular weight is 705 g/mol. The Labute approximate surface area is 299 Å². The van der Waals surface area contributed by atoms with E-state index in [1.54, 1.807) is 0 Å². The fraction of sp³-hybridized carbons (Fsp3) is 0.385. The van der Waals surface area contributed by atoms with Gasteiger partial charge in [-0.2, -0.15) is 9.13 Å². The number of hydrogen-bond donors (Lipinski definition) is 4. The number of hydrogen-bond acceptors (Lipinski definition) is 8. The zero-order valence-corrected chi connectivity index (χ0v) is 30.2. The lowest BCUT2D eigenvalue weighted by molar-refractivity contribution is -0.694. The van der Waals surface area contributed by atoms with Crippen molar-refractivity contribution in [3.05, 3.63) is 120 Å². The minimum Gasteiger partial charge on any atom is -0.395 e. The number of rotatable bonds is 21. The second-order valence-corrected chi connectivity index (χ2v) is 14.7. The van der Waals surface area contributed by atoms with Gasteiger partial charge in [-0.1, -0.05) is 51.9 Å². The summed E-state index contributed by atoms with van der Waals surface area (Å²) in [5.41, 5.74) is 5.35. The fourth-order valence-corrected chi connectivity index (χ4v) is 7.74. The normalized spacial score (nSPS) is 16.2. The smallest absolute Gasteiger partial charge is 0.205 e. The first-order chi connectivity index (χ1) is 24.0. The Balaban J connectivity index is 1.23.